The van der Waals surface area contributed by atoms with E-state index in [2.05, 4.69) is 6.07 Å². The summed E-state index contributed by atoms with van der Waals surface area (Å²) in [5.41, 5.74) is 0.419. The Morgan fingerprint density at radius 3 is 2.42 bits per heavy atom. The first-order valence-electron chi connectivity index (χ1n) is 9.33. The van der Waals surface area contributed by atoms with Crippen molar-refractivity contribution in [1.82, 2.24) is 9.80 Å². The smallest absolute Gasteiger partial charge is 0.263 e. The zero-order chi connectivity index (χ0) is 18.5. The minimum absolute atomic E-state index is 0.0349. The van der Waals surface area contributed by atoms with Crippen LogP contribution in [0.2, 0.25) is 0 Å². The third kappa shape index (κ3) is 3.98. The SMILES string of the molecule is C[C@H](Oc1ccccc1C#N)C(=O)N1CCC(C(=O)N2CCCC2)CC1. The van der Waals surface area contributed by atoms with Crippen LogP contribution < -0.4 is 4.74 Å². The van der Waals surface area contributed by atoms with Crippen LogP contribution in [-0.4, -0.2) is 53.9 Å². The van der Waals surface area contributed by atoms with Gasteiger partial charge in [-0.3, -0.25) is 9.59 Å². The number of benzene rings is 1. The second-order valence-electron chi connectivity index (χ2n) is 7.00. The molecular formula is C20H25N3O3. The van der Waals surface area contributed by atoms with E-state index in [4.69, 9.17) is 10.00 Å². The lowest BCUT2D eigenvalue weighted by Gasteiger charge is -2.34. The summed E-state index contributed by atoms with van der Waals surface area (Å²) in [7, 11) is 0. The van der Waals surface area contributed by atoms with Gasteiger partial charge in [-0.2, -0.15) is 5.26 Å². The Hall–Kier alpha value is -2.55. The standard InChI is InChI=1S/C20H25N3O3/c1-15(26-18-7-3-2-6-17(18)14-21)19(24)23-12-8-16(9-13-23)20(25)22-10-4-5-11-22/h2-3,6-7,15-16H,4-5,8-13H2,1H3/t15-/m0/s1. The number of carbonyl (C=O) groups excluding carboxylic acids is 2. The van der Waals surface area contributed by atoms with E-state index < -0.39 is 6.10 Å². The predicted octanol–water partition coefficient (Wildman–Crippen LogP) is 2.19. The fourth-order valence-corrected chi connectivity index (χ4v) is 3.70. The van der Waals surface area contributed by atoms with Gasteiger partial charge in [0.25, 0.3) is 5.91 Å². The lowest BCUT2D eigenvalue weighted by atomic mass is 9.95. The van der Waals surface area contributed by atoms with Crippen LogP contribution in [0.3, 0.4) is 0 Å². The van der Waals surface area contributed by atoms with E-state index in [0.29, 0.717) is 37.2 Å². The van der Waals surface area contributed by atoms with Crippen molar-refractivity contribution < 1.29 is 14.3 Å². The summed E-state index contributed by atoms with van der Waals surface area (Å²) in [5, 5.41) is 9.13. The quantitative estimate of drug-likeness (QED) is 0.830. The fraction of sp³-hybridized carbons (Fsp3) is 0.550. The molecule has 2 saturated heterocycles. The molecule has 0 N–H and O–H groups in total. The summed E-state index contributed by atoms with van der Waals surface area (Å²) < 4.78 is 5.72. The minimum Gasteiger partial charge on any atom is -0.480 e. The van der Waals surface area contributed by atoms with Gasteiger partial charge in [-0.15, -0.1) is 0 Å². The number of amides is 2. The van der Waals surface area contributed by atoms with Crippen molar-refractivity contribution in [3.05, 3.63) is 29.8 Å². The molecular weight excluding hydrogens is 330 g/mol. The summed E-state index contributed by atoms with van der Waals surface area (Å²) in [6.07, 6.45) is 2.96. The van der Waals surface area contributed by atoms with Crippen molar-refractivity contribution in [1.29, 1.82) is 5.26 Å². The van der Waals surface area contributed by atoms with E-state index in [1.807, 2.05) is 4.90 Å². The second kappa shape index (κ2) is 8.22. The molecule has 0 saturated carbocycles. The summed E-state index contributed by atoms with van der Waals surface area (Å²) in [4.78, 5) is 28.9. The summed E-state index contributed by atoms with van der Waals surface area (Å²) in [6.45, 7) is 4.62. The largest absolute Gasteiger partial charge is 0.480 e. The van der Waals surface area contributed by atoms with Gasteiger partial charge in [-0.25, -0.2) is 0 Å². The maximum absolute atomic E-state index is 12.7. The van der Waals surface area contributed by atoms with Crippen molar-refractivity contribution in [3.8, 4) is 11.8 Å². The highest BCUT2D eigenvalue weighted by atomic mass is 16.5. The molecule has 2 heterocycles. The van der Waals surface area contributed by atoms with Gasteiger partial charge in [0.1, 0.15) is 11.8 Å². The molecule has 1 aromatic carbocycles. The monoisotopic (exact) mass is 355 g/mol. The van der Waals surface area contributed by atoms with Crippen molar-refractivity contribution >= 4 is 11.8 Å². The van der Waals surface area contributed by atoms with E-state index in [-0.39, 0.29) is 17.7 Å². The Morgan fingerprint density at radius 1 is 1.12 bits per heavy atom. The molecule has 1 aromatic rings. The van der Waals surface area contributed by atoms with Gasteiger partial charge < -0.3 is 14.5 Å². The van der Waals surface area contributed by atoms with E-state index in [1.165, 1.54) is 0 Å². The fourth-order valence-electron chi connectivity index (χ4n) is 3.70. The number of nitrogens with zero attached hydrogens (tertiary/aromatic N) is 3. The van der Waals surface area contributed by atoms with Crippen molar-refractivity contribution in [2.45, 2.75) is 38.7 Å². The lowest BCUT2D eigenvalue weighted by Crippen LogP contribution is -2.47. The Balaban J connectivity index is 1.53. The number of likely N-dealkylation sites (tertiary alicyclic amines) is 2. The molecule has 2 aliphatic rings. The molecule has 2 aliphatic heterocycles. The van der Waals surface area contributed by atoms with Crippen LogP contribution in [0.5, 0.6) is 5.75 Å². The van der Waals surface area contributed by atoms with Crippen LogP contribution in [0.15, 0.2) is 24.3 Å². The minimum atomic E-state index is -0.657. The number of hydrogen-bond donors (Lipinski definition) is 0. The first-order valence-corrected chi connectivity index (χ1v) is 9.33. The molecule has 2 fully saturated rings. The highest BCUT2D eigenvalue weighted by molar-refractivity contribution is 5.82. The topological polar surface area (TPSA) is 73.6 Å². The molecule has 3 rings (SSSR count). The van der Waals surface area contributed by atoms with Gasteiger partial charge in [0.2, 0.25) is 5.91 Å². The molecule has 26 heavy (non-hydrogen) atoms. The summed E-state index contributed by atoms with van der Waals surface area (Å²) >= 11 is 0. The molecule has 1 atom stereocenters. The number of hydrogen-bond acceptors (Lipinski definition) is 4. The number of carbonyl (C=O) groups is 2. The molecule has 2 amide bonds. The zero-order valence-electron chi connectivity index (χ0n) is 15.2. The van der Waals surface area contributed by atoms with Crippen molar-refractivity contribution in [2.24, 2.45) is 5.92 Å². The number of rotatable bonds is 4. The molecule has 0 unspecified atom stereocenters. The molecule has 6 heteroatoms. The van der Waals surface area contributed by atoms with Crippen LogP contribution >= 0.6 is 0 Å². The average Bonchev–Trinajstić information content (AvgIpc) is 3.22. The summed E-state index contributed by atoms with van der Waals surface area (Å²) in [6, 6.07) is 8.98. The molecule has 0 radical (unpaired) electrons. The van der Waals surface area contributed by atoms with Crippen LogP contribution in [0.1, 0.15) is 38.2 Å². The summed E-state index contributed by atoms with van der Waals surface area (Å²) in [5.74, 6) is 0.620. The zero-order valence-corrected chi connectivity index (χ0v) is 15.2. The van der Waals surface area contributed by atoms with Gasteiger partial charge >= 0.3 is 0 Å². The van der Waals surface area contributed by atoms with E-state index in [9.17, 15) is 9.59 Å². The second-order valence-corrected chi connectivity index (χ2v) is 7.00. The lowest BCUT2D eigenvalue weighted by molar-refractivity contribution is -0.143. The van der Waals surface area contributed by atoms with Gasteiger partial charge in [-0.05, 0) is 44.7 Å². The maximum atomic E-state index is 12.7. The van der Waals surface area contributed by atoms with Crippen molar-refractivity contribution in [2.75, 3.05) is 26.2 Å². The molecule has 0 spiro atoms. The number of piperidine rings is 1. The molecule has 0 aliphatic carbocycles. The predicted molar refractivity (Wildman–Crippen MR) is 96.4 cm³/mol. The number of ether oxygens (including phenoxy) is 1. The van der Waals surface area contributed by atoms with Gasteiger partial charge in [-0.1, -0.05) is 12.1 Å². The first-order chi connectivity index (χ1) is 12.6. The normalized spacial score (nSPS) is 19.1. The first kappa shape index (κ1) is 18.2. The molecule has 138 valence electrons. The molecule has 0 aromatic heterocycles. The van der Waals surface area contributed by atoms with E-state index in [1.54, 1.807) is 36.1 Å². The van der Waals surface area contributed by atoms with Crippen LogP contribution in [0.4, 0.5) is 0 Å². The van der Waals surface area contributed by atoms with E-state index >= 15 is 0 Å². The Bertz CT molecular complexity index is 698. The van der Waals surface area contributed by atoms with E-state index in [0.717, 1.165) is 25.9 Å². The van der Waals surface area contributed by atoms with Crippen LogP contribution in [0.25, 0.3) is 0 Å². The van der Waals surface area contributed by atoms with Crippen LogP contribution in [-0.2, 0) is 9.59 Å². The maximum Gasteiger partial charge on any atom is 0.263 e. The average molecular weight is 355 g/mol. The number of nitriles is 1. The Labute approximate surface area is 154 Å². The molecule has 6 nitrogen and oxygen atoms in total. The third-order valence-corrected chi connectivity index (χ3v) is 5.23. The van der Waals surface area contributed by atoms with Crippen molar-refractivity contribution in [3.63, 3.8) is 0 Å². The van der Waals surface area contributed by atoms with Gasteiger partial charge in [0.15, 0.2) is 6.10 Å². The molecule has 0 bridgehead atoms. The van der Waals surface area contributed by atoms with Gasteiger partial charge in [0, 0.05) is 32.1 Å². The Kier molecular flexibility index (Phi) is 5.77. The number of para-hydroxylation sites is 1. The van der Waals surface area contributed by atoms with Crippen LogP contribution in [0, 0.1) is 17.2 Å². The third-order valence-electron chi connectivity index (χ3n) is 5.23. The van der Waals surface area contributed by atoms with Gasteiger partial charge in [0.05, 0.1) is 5.56 Å². The highest BCUT2D eigenvalue weighted by Crippen LogP contribution is 2.24. The highest BCUT2D eigenvalue weighted by Gasteiger charge is 2.32. The Morgan fingerprint density at radius 2 is 1.77 bits per heavy atom.